The Labute approximate surface area is 127 Å². The van der Waals surface area contributed by atoms with Crippen molar-refractivity contribution in [2.45, 2.75) is 6.18 Å². The van der Waals surface area contributed by atoms with Crippen molar-refractivity contribution in [3.05, 3.63) is 69.5 Å². The standard InChI is InChI=1S/C14H9F4N3O2/c15-11-4-1-9(2-5-11)8-19-20-12-6-3-10(14(16,17)18)7-13(12)21(22)23/h1-8,20H/b19-8-. The number of halogens is 4. The van der Waals surface area contributed by atoms with E-state index in [2.05, 4.69) is 10.5 Å². The molecule has 0 unspecified atom stereocenters. The summed E-state index contributed by atoms with van der Waals surface area (Å²) in [7, 11) is 0. The lowest BCUT2D eigenvalue weighted by Crippen LogP contribution is -2.06. The number of nitrogens with zero attached hydrogens (tertiary/aromatic N) is 2. The summed E-state index contributed by atoms with van der Waals surface area (Å²) < 4.78 is 50.4. The van der Waals surface area contributed by atoms with Gasteiger partial charge in [0.25, 0.3) is 5.69 Å². The molecular formula is C14H9F4N3O2. The van der Waals surface area contributed by atoms with Crippen LogP contribution in [0, 0.1) is 15.9 Å². The van der Waals surface area contributed by atoms with Crippen molar-refractivity contribution >= 4 is 17.6 Å². The van der Waals surface area contributed by atoms with Crippen LogP contribution in [0.3, 0.4) is 0 Å². The summed E-state index contributed by atoms with van der Waals surface area (Å²) in [6.07, 6.45) is -3.43. The zero-order chi connectivity index (χ0) is 17.0. The number of hydrazone groups is 1. The fraction of sp³-hybridized carbons (Fsp3) is 0.0714. The molecule has 23 heavy (non-hydrogen) atoms. The quantitative estimate of drug-likeness (QED) is 0.396. The summed E-state index contributed by atoms with van der Waals surface area (Å²) in [6.45, 7) is 0. The lowest BCUT2D eigenvalue weighted by Gasteiger charge is -2.08. The zero-order valence-corrected chi connectivity index (χ0v) is 11.3. The molecule has 0 aliphatic carbocycles. The molecule has 0 heterocycles. The van der Waals surface area contributed by atoms with Crippen LogP contribution in [0.25, 0.3) is 0 Å². The van der Waals surface area contributed by atoms with Crippen LogP contribution >= 0.6 is 0 Å². The third-order valence-electron chi connectivity index (χ3n) is 2.79. The highest BCUT2D eigenvalue weighted by Gasteiger charge is 2.33. The van der Waals surface area contributed by atoms with Gasteiger partial charge in [-0.15, -0.1) is 0 Å². The van der Waals surface area contributed by atoms with Gasteiger partial charge in [0, 0.05) is 6.07 Å². The topological polar surface area (TPSA) is 67.5 Å². The monoisotopic (exact) mass is 327 g/mol. The number of nitro benzene ring substituents is 1. The molecule has 5 nitrogen and oxygen atoms in total. The molecule has 2 aromatic carbocycles. The van der Waals surface area contributed by atoms with Crippen molar-refractivity contribution in [3.8, 4) is 0 Å². The first-order valence-corrected chi connectivity index (χ1v) is 6.17. The van der Waals surface area contributed by atoms with Gasteiger partial charge in [0.15, 0.2) is 0 Å². The van der Waals surface area contributed by atoms with Gasteiger partial charge < -0.3 is 0 Å². The Kier molecular flexibility index (Phi) is 4.58. The molecule has 0 spiro atoms. The van der Waals surface area contributed by atoms with Crippen LogP contribution in [0.1, 0.15) is 11.1 Å². The van der Waals surface area contributed by atoms with Gasteiger partial charge in [-0.25, -0.2) is 4.39 Å². The van der Waals surface area contributed by atoms with E-state index in [0.29, 0.717) is 17.7 Å². The predicted octanol–water partition coefficient (Wildman–Crippen LogP) is 4.20. The van der Waals surface area contributed by atoms with E-state index in [1.54, 1.807) is 0 Å². The Morgan fingerprint density at radius 1 is 1.13 bits per heavy atom. The molecule has 0 aliphatic rings. The van der Waals surface area contributed by atoms with Gasteiger partial charge in [-0.2, -0.15) is 18.3 Å². The Balaban J connectivity index is 2.22. The third kappa shape index (κ3) is 4.25. The minimum absolute atomic E-state index is 0.193. The maximum absolute atomic E-state index is 12.7. The first-order valence-electron chi connectivity index (χ1n) is 6.17. The van der Waals surface area contributed by atoms with Gasteiger partial charge in [-0.05, 0) is 29.8 Å². The van der Waals surface area contributed by atoms with Crippen molar-refractivity contribution in [2.24, 2.45) is 5.10 Å². The number of hydrogen-bond acceptors (Lipinski definition) is 4. The molecule has 0 saturated heterocycles. The van der Waals surface area contributed by atoms with Gasteiger partial charge in [0.1, 0.15) is 11.5 Å². The van der Waals surface area contributed by atoms with E-state index >= 15 is 0 Å². The molecule has 0 amide bonds. The number of benzene rings is 2. The number of nitrogens with one attached hydrogen (secondary N) is 1. The molecule has 0 aromatic heterocycles. The van der Waals surface area contributed by atoms with Crippen LogP contribution in [-0.2, 0) is 6.18 Å². The number of rotatable bonds is 4. The Hall–Kier alpha value is -2.97. The molecule has 0 fully saturated rings. The maximum Gasteiger partial charge on any atom is 0.416 e. The SMILES string of the molecule is O=[N+]([O-])c1cc(C(F)(F)F)ccc1N/N=C\c1ccc(F)cc1. The van der Waals surface area contributed by atoms with Gasteiger partial charge in [-0.3, -0.25) is 15.5 Å². The van der Waals surface area contributed by atoms with Crippen molar-refractivity contribution in [2.75, 3.05) is 5.43 Å². The second-order valence-electron chi connectivity index (χ2n) is 4.41. The molecule has 0 bridgehead atoms. The van der Waals surface area contributed by atoms with Crippen molar-refractivity contribution in [1.29, 1.82) is 0 Å². The van der Waals surface area contributed by atoms with Crippen molar-refractivity contribution in [3.63, 3.8) is 0 Å². The molecule has 120 valence electrons. The molecule has 0 saturated carbocycles. The number of nitro groups is 1. The van der Waals surface area contributed by atoms with Gasteiger partial charge in [-0.1, -0.05) is 12.1 Å². The fourth-order valence-corrected chi connectivity index (χ4v) is 1.68. The normalized spacial score (nSPS) is 11.7. The van der Waals surface area contributed by atoms with Crippen molar-refractivity contribution < 1.29 is 22.5 Å². The Morgan fingerprint density at radius 2 is 1.78 bits per heavy atom. The smallest absolute Gasteiger partial charge is 0.272 e. The van der Waals surface area contributed by atoms with Gasteiger partial charge in [0.05, 0.1) is 16.7 Å². The Morgan fingerprint density at radius 3 is 2.35 bits per heavy atom. The first-order chi connectivity index (χ1) is 10.8. The first kappa shape index (κ1) is 16.4. The van der Waals surface area contributed by atoms with Crippen LogP contribution in [0.2, 0.25) is 0 Å². The van der Waals surface area contributed by atoms with Crippen LogP contribution in [0.5, 0.6) is 0 Å². The summed E-state index contributed by atoms with van der Waals surface area (Å²) >= 11 is 0. The summed E-state index contributed by atoms with van der Waals surface area (Å²) in [5.41, 5.74) is 0.737. The molecule has 2 aromatic rings. The average Bonchev–Trinajstić information content (AvgIpc) is 2.48. The predicted molar refractivity (Wildman–Crippen MR) is 75.7 cm³/mol. The molecule has 0 radical (unpaired) electrons. The molecule has 1 N–H and O–H groups in total. The van der Waals surface area contributed by atoms with Crippen molar-refractivity contribution in [1.82, 2.24) is 0 Å². The molecule has 0 atom stereocenters. The van der Waals surface area contributed by atoms with E-state index in [1.807, 2.05) is 0 Å². The van der Waals surface area contributed by atoms with E-state index < -0.39 is 28.2 Å². The highest BCUT2D eigenvalue weighted by molar-refractivity contribution is 5.80. The van der Waals surface area contributed by atoms with E-state index in [1.165, 1.54) is 30.5 Å². The maximum atomic E-state index is 12.7. The fourth-order valence-electron chi connectivity index (χ4n) is 1.68. The number of alkyl halides is 3. The second-order valence-corrected chi connectivity index (χ2v) is 4.41. The molecular weight excluding hydrogens is 318 g/mol. The van der Waals surface area contributed by atoms with Crippen LogP contribution in [0.4, 0.5) is 28.9 Å². The second kappa shape index (κ2) is 6.42. The van der Waals surface area contributed by atoms with E-state index in [4.69, 9.17) is 0 Å². The van der Waals surface area contributed by atoms with Crippen LogP contribution in [-0.4, -0.2) is 11.1 Å². The van der Waals surface area contributed by atoms with Gasteiger partial charge >= 0.3 is 6.18 Å². The zero-order valence-electron chi connectivity index (χ0n) is 11.3. The summed E-state index contributed by atoms with van der Waals surface area (Å²) in [4.78, 5) is 9.94. The minimum Gasteiger partial charge on any atom is -0.272 e. The van der Waals surface area contributed by atoms with Crippen LogP contribution in [0.15, 0.2) is 47.6 Å². The molecule has 9 heteroatoms. The summed E-state index contributed by atoms with van der Waals surface area (Å²) in [6, 6.07) is 7.29. The highest BCUT2D eigenvalue weighted by atomic mass is 19.4. The van der Waals surface area contributed by atoms with E-state index in [9.17, 15) is 27.7 Å². The summed E-state index contributed by atoms with van der Waals surface area (Å²) in [5.74, 6) is -0.437. The largest absolute Gasteiger partial charge is 0.416 e. The lowest BCUT2D eigenvalue weighted by molar-refractivity contribution is -0.384. The summed E-state index contributed by atoms with van der Waals surface area (Å²) in [5, 5.41) is 14.6. The number of anilines is 1. The lowest BCUT2D eigenvalue weighted by atomic mass is 10.1. The number of hydrogen-bond donors (Lipinski definition) is 1. The molecule has 0 aliphatic heterocycles. The van der Waals surface area contributed by atoms with Gasteiger partial charge in [0.2, 0.25) is 0 Å². The van der Waals surface area contributed by atoms with E-state index in [0.717, 1.165) is 6.07 Å². The molecule has 2 rings (SSSR count). The average molecular weight is 327 g/mol. The van der Waals surface area contributed by atoms with Crippen LogP contribution < -0.4 is 5.43 Å². The Bertz CT molecular complexity index is 743. The highest BCUT2D eigenvalue weighted by Crippen LogP contribution is 2.34. The van der Waals surface area contributed by atoms with E-state index in [-0.39, 0.29) is 5.69 Å². The minimum atomic E-state index is -4.68. The third-order valence-corrected chi connectivity index (χ3v) is 2.79.